The zero-order valence-corrected chi connectivity index (χ0v) is 15.9. The standard InChI is InChI=1S/C21H23F2NO2S/c22-19-7-6-18(12-20(19)23)27-15-21(25)24(13-16-4-2-1-3-5-16)14-17-8-10-26-11-9-17/h1-7,12,17H,8-11,13-15H2. The normalized spacial score (nSPS) is 14.9. The molecule has 27 heavy (non-hydrogen) atoms. The molecule has 0 unspecified atom stereocenters. The van der Waals surface area contributed by atoms with Gasteiger partial charge in [0.1, 0.15) is 0 Å². The minimum Gasteiger partial charge on any atom is -0.381 e. The summed E-state index contributed by atoms with van der Waals surface area (Å²) in [6, 6.07) is 13.6. The van der Waals surface area contributed by atoms with Gasteiger partial charge in [0.05, 0.1) is 5.75 Å². The second-order valence-electron chi connectivity index (χ2n) is 6.68. The molecule has 1 fully saturated rings. The van der Waals surface area contributed by atoms with Crippen LogP contribution in [0, 0.1) is 17.6 Å². The lowest BCUT2D eigenvalue weighted by Gasteiger charge is -2.30. The van der Waals surface area contributed by atoms with E-state index < -0.39 is 11.6 Å². The highest BCUT2D eigenvalue weighted by Crippen LogP contribution is 2.23. The quantitative estimate of drug-likeness (QED) is 0.651. The molecule has 3 nitrogen and oxygen atoms in total. The first kappa shape index (κ1) is 19.8. The second kappa shape index (κ2) is 9.85. The fraction of sp³-hybridized carbons (Fsp3) is 0.381. The van der Waals surface area contributed by atoms with Gasteiger partial charge in [-0.05, 0) is 42.5 Å². The van der Waals surface area contributed by atoms with Gasteiger partial charge in [-0.1, -0.05) is 30.3 Å². The molecule has 0 radical (unpaired) electrons. The maximum absolute atomic E-state index is 13.4. The molecule has 0 N–H and O–H groups in total. The SMILES string of the molecule is O=C(CSc1ccc(F)c(F)c1)N(Cc1ccccc1)CC1CCOCC1. The number of hydrogen-bond donors (Lipinski definition) is 0. The second-order valence-corrected chi connectivity index (χ2v) is 7.73. The smallest absolute Gasteiger partial charge is 0.233 e. The lowest BCUT2D eigenvalue weighted by molar-refractivity contribution is -0.130. The van der Waals surface area contributed by atoms with Crippen LogP contribution in [0.5, 0.6) is 0 Å². The number of benzene rings is 2. The van der Waals surface area contributed by atoms with Crippen molar-refractivity contribution in [3.8, 4) is 0 Å². The zero-order chi connectivity index (χ0) is 19.1. The van der Waals surface area contributed by atoms with Crippen molar-refractivity contribution < 1.29 is 18.3 Å². The van der Waals surface area contributed by atoms with Crippen LogP contribution in [-0.2, 0) is 16.1 Å². The number of halogens is 2. The average molecular weight is 391 g/mol. The van der Waals surface area contributed by atoms with Crippen LogP contribution in [0.2, 0.25) is 0 Å². The summed E-state index contributed by atoms with van der Waals surface area (Å²) in [5.74, 6) is -1.15. The van der Waals surface area contributed by atoms with Crippen LogP contribution in [0.25, 0.3) is 0 Å². The highest BCUT2D eigenvalue weighted by molar-refractivity contribution is 8.00. The Hall–Kier alpha value is -1.92. The topological polar surface area (TPSA) is 29.5 Å². The highest BCUT2D eigenvalue weighted by Gasteiger charge is 2.21. The fourth-order valence-electron chi connectivity index (χ4n) is 3.10. The molecular formula is C21H23F2NO2S. The van der Waals surface area contributed by atoms with Crippen molar-refractivity contribution in [1.29, 1.82) is 0 Å². The van der Waals surface area contributed by atoms with E-state index in [9.17, 15) is 13.6 Å². The molecule has 1 heterocycles. The van der Waals surface area contributed by atoms with E-state index >= 15 is 0 Å². The molecular weight excluding hydrogens is 368 g/mol. The van der Waals surface area contributed by atoms with Crippen LogP contribution < -0.4 is 0 Å². The molecule has 3 rings (SSSR count). The van der Waals surface area contributed by atoms with Crippen molar-refractivity contribution in [1.82, 2.24) is 4.90 Å². The highest BCUT2D eigenvalue weighted by atomic mass is 32.2. The summed E-state index contributed by atoms with van der Waals surface area (Å²) in [4.78, 5) is 15.3. The monoisotopic (exact) mass is 391 g/mol. The molecule has 0 atom stereocenters. The van der Waals surface area contributed by atoms with Gasteiger partial charge >= 0.3 is 0 Å². The predicted octanol–water partition coefficient (Wildman–Crippen LogP) is 4.51. The minimum atomic E-state index is -0.893. The van der Waals surface area contributed by atoms with E-state index in [1.165, 1.54) is 17.8 Å². The van der Waals surface area contributed by atoms with Crippen molar-refractivity contribution in [2.24, 2.45) is 5.92 Å². The van der Waals surface area contributed by atoms with E-state index in [1.807, 2.05) is 35.2 Å². The van der Waals surface area contributed by atoms with E-state index in [0.29, 0.717) is 23.9 Å². The predicted molar refractivity (Wildman–Crippen MR) is 102 cm³/mol. The number of amides is 1. The Morgan fingerprint density at radius 2 is 1.81 bits per heavy atom. The first-order chi connectivity index (χ1) is 13.1. The summed E-state index contributed by atoms with van der Waals surface area (Å²) >= 11 is 1.23. The third-order valence-electron chi connectivity index (χ3n) is 4.64. The van der Waals surface area contributed by atoms with Crippen LogP contribution in [0.4, 0.5) is 8.78 Å². The minimum absolute atomic E-state index is 0.0000723. The van der Waals surface area contributed by atoms with E-state index in [1.54, 1.807) is 0 Å². The Labute approximate surface area is 162 Å². The zero-order valence-electron chi connectivity index (χ0n) is 15.1. The van der Waals surface area contributed by atoms with Gasteiger partial charge in [-0.15, -0.1) is 11.8 Å². The first-order valence-corrected chi connectivity index (χ1v) is 10.1. The van der Waals surface area contributed by atoms with Gasteiger partial charge in [0.15, 0.2) is 11.6 Å². The Kier molecular flexibility index (Phi) is 7.24. The molecule has 1 aliphatic heterocycles. The maximum Gasteiger partial charge on any atom is 0.233 e. The maximum atomic E-state index is 13.4. The molecule has 2 aromatic rings. The lowest BCUT2D eigenvalue weighted by atomic mass is 9.99. The van der Waals surface area contributed by atoms with Gasteiger partial charge in [0.2, 0.25) is 5.91 Å². The third-order valence-corrected chi connectivity index (χ3v) is 5.62. The molecule has 1 amide bonds. The molecule has 1 aliphatic rings. The Balaban J connectivity index is 1.64. The van der Waals surface area contributed by atoms with E-state index in [2.05, 4.69) is 0 Å². The van der Waals surface area contributed by atoms with Crippen molar-refractivity contribution in [2.45, 2.75) is 24.3 Å². The van der Waals surface area contributed by atoms with Gasteiger partial charge in [0.25, 0.3) is 0 Å². The summed E-state index contributed by atoms with van der Waals surface area (Å²) in [5, 5.41) is 0. The number of rotatable bonds is 7. The van der Waals surface area contributed by atoms with Crippen LogP contribution >= 0.6 is 11.8 Å². The molecule has 2 aromatic carbocycles. The van der Waals surface area contributed by atoms with Crippen molar-refractivity contribution >= 4 is 17.7 Å². The van der Waals surface area contributed by atoms with Gasteiger partial charge < -0.3 is 9.64 Å². The Morgan fingerprint density at radius 1 is 1.07 bits per heavy atom. The molecule has 0 aromatic heterocycles. The Morgan fingerprint density at radius 3 is 2.52 bits per heavy atom. The number of carbonyl (C=O) groups excluding carboxylic acids is 1. The summed E-state index contributed by atoms with van der Waals surface area (Å²) in [6.45, 7) is 2.72. The molecule has 144 valence electrons. The summed E-state index contributed by atoms with van der Waals surface area (Å²) < 4.78 is 31.8. The van der Waals surface area contributed by atoms with Gasteiger partial charge in [-0.2, -0.15) is 0 Å². The fourth-order valence-corrected chi connectivity index (χ4v) is 3.93. The summed E-state index contributed by atoms with van der Waals surface area (Å²) in [7, 11) is 0. The molecule has 6 heteroatoms. The van der Waals surface area contributed by atoms with Gasteiger partial charge in [0, 0.05) is 31.2 Å². The van der Waals surface area contributed by atoms with Crippen LogP contribution in [0.3, 0.4) is 0 Å². The molecule has 0 bridgehead atoms. The third kappa shape index (κ3) is 6.04. The van der Waals surface area contributed by atoms with Gasteiger partial charge in [-0.3, -0.25) is 4.79 Å². The number of ether oxygens (including phenoxy) is 1. The number of hydrogen-bond acceptors (Lipinski definition) is 3. The van der Waals surface area contributed by atoms with E-state index in [-0.39, 0.29) is 11.7 Å². The molecule has 1 saturated heterocycles. The van der Waals surface area contributed by atoms with Crippen LogP contribution in [0.15, 0.2) is 53.4 Å². The van der Waals surface area contributed by atoms with Crippen LogP contribution in [-0.4, -0.2) is 36.3 Å². The molecule has 0 spiro atoms. The summed E-state index contributed by atoms with van der Waals surface area (Å²) in [5.41, 5.74) is 1.08. The number of carbonyl (C=O) groups is 1. The number of nitrogens with zero attached hydrogens (tertiary/aromatic N) is 1. The van der Waals surface area contributed by atoms with Crippen molar-refractivity contribution in [3.63, 3.8) is 0 Å². The molecule has 0 saturated carbocycles. The Bertz CT molecular complexity index is 751. The average Bonchev–Trinajstić information content (AvgIpc) is 2.70. The van der Waals surface area contributed by atoms with Crippen LogP contribution in [0.1, 0.15) is 18.4 Å². The van der Waals surface area contributed by atoms with Crippen molar-refractivity contribution in [2.75, 3.05) is 25.5 Å². The van der Waals surface area contributed by atoms with Crippen molar-refractivity contribution in [3.05, 3.63) is 65.7 Å². The lowest BCUT2D eigenvalue weighted by Crippen LogP contribution is -2.37. The summed E-state index contributed by atoms with van der Waals surface area (Å²) in [6.07, 6.45) is 1.91. The van der Waals surface area contributed by atoms with E-state index in [4.69, 9.17) is 4.74 Å². The largest absolute Gasteiger partial charge is 0.381 e. The van der Waals surface area contributed by atoms with E-state index in [0.717, 1.165) is 43.8 Å². The first-order valence-electron chi connectivity index (χ1n) is 9.09. The van der Waals surface area contributed by atoms with Gasteiger partial charge in [-0.25, -0.2) is 8.78 Å². The molecule has 0 aliphatic carbocycles. The number of thioether (sulfide) groups is 1.